The highest BCUT2D eigenvalue weighted by Crippen LogP contribution is 2.03. The molecule has 0 fully saturated rings. The van der Waals surface area contributed by atoms with Crippen LogP contribution in [0.4, 0.5) is 0 Å². The molecular weight excluding hydrogens is 205 g/mol. The Bertz CT molecular complexity index is 176. The zero-order chi connectivity index (χ0) is 9.23. The molecular formula is C10H17Cl2N. The third-order valence-corrected chi connectivity index (χ3v) is 1.54. The van der Waals surface area contributed by atoms with Gasteiger partial charge in [0.05, 0.1) is 0 Å². The van der Waals surface area contributed by atoms with Gasteiger partial charge in [-0.15, -0.1) is 12.4 Å². The van der Waals surface area contributed by atoms with E-state index in [9.17, 15) is 0 Å². The van der Waals surface area contributed by atoms with Crippen LogP contribution in [0.2, 0.25) is 5.02 Å². The number of hydrogen-bond donors (Lipinski definition) is 1. The van der Waals surface area contributed by atoms with Gasteiger partial charge in [0.1, 0.15) is 0 Å². The second-order valence-electron chi connectivity index (χ2n) is 2.44. The number of benzene rings is 1. The van der Waals surface area contributed by atoms with Crippen LogP contribution < -0.4 is 5.73 Å². The zero-order valence-corrected chi connectivity index (χ0v) is 9.44. The minimum atomic E-state index is 0. The molecule has 0 atom stereocenters. The van der Waals surface area contributed by atoms with Gasteiger partial charge in [-0.2, -0.15) is 0 Å². The Morgan fingerprint density at radius 3 is 1.92 bits per heavy atom. The smallest absolute Gasteiger partial charge is 0.0405 e. The van der Waals surface area contributed by atoms with Gasteiger partial charge in [0.2, 0.25) is 0 Å². The number of hydrogen-bond acceptors (Lipinski definition) is 1. The van der Waals surface area contributed by atoms with Crippen LogP contribution >= 0.6 is 24.0 Å². The summed E-state index contributed by atoms with van der Waals surface area (Å²) in [5, 5.41) is 0.794. The standard InChI is InChI=1S/C6H5Cl.C4H11N.ClH/c7-6-4-2-1-3-5-6;1-2-3-4-5;/h1-5H;2-5H2,1H3;1H. The molecule has 0 spiro atoms. The highest BCUT2D eigenvalue weighted by molar-refractivity contribution is 6.30. The van der Waals surface area contributed by atoms with Crippen LogP contribution in [0.1, 0.15) is 19.8 Å². The van der Waals surface area contributed by atoms with E-state index in [-0.39, 0.29) is 12.4 Å². The maximum atomic E-state index is 5.54. The fourth-order valence-electron chi connectivity index (χ4n) is 0.619. The first kappa shape index (κ1) is 15.2. The van der Waals surface area contributed by atoms with Crippen molar-refractivity contribution < 1.29 is 0 Å². The zero-order valence-electron chi connectivity index (χ0n) is 7.87. The lowest BCUT2D eigenvalue weighted by Crippen LogP contribution is -1.95. The van der Waals surface area contributed by atoms with Crippen molar-refractivity contribution in [1.29, 1.82) is 0 Å². The van der Waals surface area contributed by atoms with Crippen LogP contribution in [0.3, 0.4) is 0 Å². The van der Waals surface area contributed by atoms with Crippen molar-refractivity contribution >= 4 is 24.0 Å². The molecule has 1 nitrogen and oxygen atoms in total. The fourth-order valence-corrected chi connectivity index (χ4v) is 0.764. The van der Waals surface area contributed by atoms with E-state index in [1.165, 1.54) is 12.8 Å². The largest absolute Gasteiger partial charge is 0.330 e. The van der Waals surface area contributed by atoms with Gasteiger partial charge in [-0.25, -0.2) is 0 Å². The molecule has 0 bridgehead atoms. The Balaban J connectivity index is 0. The van der Waals surface area contributed by atoms with Gasteiger partial charge in [-0.05, 0) is 25.1 Å². The first-order valence-corrected chi connectivity index (χ1v) is 4.59. The van der Waals surface area contributed by atoms with Crippen LogP contribution in [0, 0.1) is 0 Å². The summed E-state index contributed by atoms with van der Waals surface area (Å²) in [5.74, 6) is 0. The molecule has 0 saturated carbocycles. The average Bonchev–Trinajstić information content (AvgIpc) is 2.08. The topological polar surface area (TPSA) is 26.0 Å². The van der Waals surface area contributed by atoms with E-state index in [2.05, 4.69) is 6.92 Å². The fraction of sp³-hybridized carbons (Fsp3) is 0.400. The van der Waals surface area contributed by atoms with E-state index in [0.29, 0.717) is 0 Å². The van der Waals surface area contributed by atoms with Gasteiger partial charge in [0, 0.05) is 5.02 Å². The van der Waals surface area contributed by atoms with Crippen LogP contribution in [0.15, 0.2) is 30.3 Å². The molecule has 1 aromatic carbocycles. The minimum absolute atomic E-state index is 0. The van der Waals surface area contributed by atoms with E-state index >= 15 is 0 Å². The number of halogens is 2. The maximum Gasteiger partial charge on any atom is 0.0405 e. The first-order chi connectivity index (χ1) is 5.81. The maximum absolute atomic E-state index is 5.54. The predicted octanol–water partition coefficient (Wildman–Crippen LogP) is 3.51. The SMILES string of the molecule is CCCCN.Cl.Clc1ccccc1. The van der Waals surface area contributed by atoms with Crippen LogP contribution in [0.5, 0.6) is 0 Å². The normalized spacial score (nSPS) is 7.92. The van der Waals surface area contributed by atoms with Crippen molar-refractivity contribution in [3.8, 4) is 0 Å². The molecule has 0 aliphatic heterocycles. The van der Waals surface area contributed by atoms with E-state index in [1.54, 1.807) is 0 Å². The summed E-state index contributed by atoms with van der Waals surface area (Å²) in [4.78, 5) is 0. The van der Waals surface area contributed by atoms with Crippen molar-refractivity contribution in [2.45, 2.75) is 19.8 Å². The molecule has 1 aromatic rings. The summed E-state index contributed by atoms with van der Waals surface area (Å²) in [6, 6.07) is 9.44. The summed E-state index contributed by atoms with van der Waals surface area (Å²) >= 11 is 5.54. The van der Waals surface area contributed by atoms with Gasteiger partial charge in [-0.1, -0.05) is 43.1 Å². The third-order valence-electron chi connectivity index (χ3n) is 1.29. The molecule has 13 heavy (non-hydrogen) atoms. The van der Waals surface area contributed by atoms with Gasteiger partial charge < -0.3 is 5.73 Å². The first-order valence-electron chi connectivity index (χ1n) is 4.22. The molecule has 0 saturated heterocycles. The summed E-state index contributed by atoms with van der Waals surface area (Å²) in [6.45, 7) is 2.98. The lowest BCUT2D eigenvalue weighted by Gasteiger charge is -1.80. The number of rotatable bonds is 2. The van der Waals surface area contributed by atoms with E-state index in [4.69, 9.17) is 17.3 Å². The van der Waals surface area contributed by atoms with Crippen LogP contribution in [-0.2, 0) is 0 Å². The number of unbranched alkanes of at least 4 members (excludes halogenated alkanes) is 1. The Hall–Kier alpha value is -0.240. The molecule has 1 rings (SSSR count). The van der Waals surface area contributed by atoms with Gasteiger partial charge in [0.15, 0.2) is 0 Å². The van der Waals surface area contributed by atoms with E-state index < -0.39 is 0 Å². The van der Waals surface area contributed by atoms with Gasteiger partial charge in [-0.3, -0.25) is 0 Å². The average molecular weight is 222 g/mol. The van der Waals surface area contributed by atoms with Crippen LogP contribution in [-0.4, -0.2) is 6.54 Å². The Morgan fingerprint density at radius 2 is 1.77 bits per heavy atom. The van der Waals surface area contributed by atoms with Crippen molar-refractivity contribution in [1.82, 2.24) is 0 Å². The Morgan fingerprint density at radius 1 is 1.23 bits per heavy atom. The van der Waals surface area contributed by atoms with E-state index in [1.807, 2.05) is 30.3 Å². The molecule has 0 aliphatic carbocycles. The van der Waals surface area contributed by atoms with Crippen molar-refractivity contribution in [2.75, 3.05) is 6.54 Å². The van der Waals surface area contributed by atoms with Crippen molar-refractivity contribution in [2.24, 2.45) is 5.73 Å². The van der Waals surface area contributed by atoms with E-state index in [0.717, 1.165) is 11.6 Å². The molecule has 0 radical (unpaired) electrons. The lowest BCUT2D eigenvalue weighted by atomic mass is 10.3. The summed E-state index contributed by atoms with van der Waals surface area (Å²) in [5.41, 5.74) is 5.14. The Kier molecular flexibility index (Phi) is 13.8. The minimum Gasteiger partial charge on any atom is -0.330 e. The molecule has 2 N–H and O–H groups in total. The van der Waals surface area contributed by atoms with Crippen LogP contribution in [0.25, 0.3) is 0 Å². The highest BCUT2D eigenvalue weighted by Gasteiger charge is 1.74. The van der Waals surface area contributed by atoms with Gasteiger partial charge in [0.25, 0.3) is 0 Å². The molecule has 0 aromatic heterocycles. The lowest BCUT2D eigenvalue weighted by molar-refractivity contribution is 0.807. The summed E-state index contributed by atoms with van der Waals surface area (Å²) < 4.78 is 0. The third kappa shape index (κ3) is 11.8. The summed E-state index contributed by atoms with van der Waals surface area (Å²) in [6.07, 6.45) is 2.39. The summed E-state index contributed by atoms with van der Waals surface area (Å²) in [7, 11) is 0. The second-order valence-corrected chi connectivity index (χ2v) is 2.87. The molecule has 0 aliphatic rings. The van der Waals surface area contributed by atoms with Crippen molar-refractivity contribution in [3.05, 3.63) is 35.4 Å². The Labute approximate surface area is 91.7 Å². The molecule has 0 unspecified atom stereocenters. The monoisotopic (exact) mass is 221 g/mol. The van der Waals surface area contributed by atoms with Crippen molar-refractivity contribution in [3.63, 3.8) is 0 Å². The molecule has 3 heteroatoms. The second kappa shape index (κ2) is 11.8. The number of nitrogens with two attached hydrogens (primary N) is 1. The quantitative estimate of drug-likeness (QED) is 0.814. The molecule has 76 valence electrons. The molecule has 0 amide bonds. The molecule has 0 heterocycles. The van der Waals surface area contributed by atoms with Gasteiger partial charge >= 0.3 is 0 Å². The predicted molar refractivity (Wildman–Crippen MR) is 62.7 cm³/mol. The highest BCUT2D eigenvalue weighted by atomic mass is 35.5.